The van der Waals surface area contributed by atoms with Crippen molar-refractivity contribution in [2.75, 3.05) is 6.54 Å². The molecule has 0 spiro atoms. The maximum absolute atomic E-state index is 5.74. The molecule has 0 aromatic heterocycles. The predicted octanol–water partition coefficient (Wildman–Crippen LogP) is 2.93. The Balaban J connectivity index is 2.72. The predicted molar refractivity (Wildman–Crippen MR) is 64.3 cm³/mol. The van der Waals surface area contributed by atoms with Crippen molar-refractivity contribution in [1.29, 1.82) is 0 Å². The third-order valence-corrected chi connectivity index (χ3v) is 2.23. The molecule has 1 unspecified atom stereocenters. The maximum atomic E-state index is 5.74. The standard InChI is InChI=1S/C13H21NO/c1-10(9-14)11-5-7-12(8-6-11)15-13(2,3)4/h5-8,10H,9,14H2,1-4H3. The molecule has 0 amide bonds. The van der Waals surface area contributed by atoms with E-state index < -0.39 is 0 Å². The van der Waals surface area contributed by atoms with Crippen LogP contribution < -0.4 is 10.5 Å². The second kappa shape index (κ2) is 4.67. The molecular weight excluding hydrogens is 186 g/mol. The van der Waals surface area contributed by atoms with Crippen molar-refractivity contribution < 1.29 is 4.74 Å². The minimum absolute atomic E-state index is 0.138. The third kappa shape index (κ3) is 3.92. The molecule has 1 atom stereocenters. The summed E-state index contributed by atoms with van der Waals surface area (Å²) in [6.07, 6.45) is 0. The highest BCUT2D eigenvalue weighted by atomic mass is 16.5. The lowest BCUT2D eigenvalue weighted by Gasteiger charge is -2.21. The van der Waals surface area contributed by atoms with Gasteiger partial charge in [-0.2, -0.15) is 0 Å². The molecule has 1 rings (SSSR count). The Bertz CT molecular complexity index is 297. The van der Waals surface area contributed by atoms with E-state index in [2.05, 4.69) is 19.1 Å². The number of hydrogen-bond acceptors (Lipinski definition) is 2. The molecule has 0 aliphatic heterocycles. The molecule has 0 aliphatic rings. The highest BCUT2D eigenvalue weighted by Crippen LogP contribution is 2.21. The van der Waals surface area contributed by atoms with Crippen LogP contribution in [0.5, 0.6) is 5.75 Å². The first kappa shape index (κ1) is 12.1. The second-order valence-corrected chi connectivity index (χ2v) is 4.92. The van der Waals surface area contributed by atoms with E-state index in [1.165, 1.54) is 5.56 Å². The van der Waals surface area contributed by atoms with Crippen molar-refractivity contribution >= 4 is 0 Å². The van der Waals surface area contributed by atoms with Gasteiger partial charge in [0, 0.05) is 0 Å². The first-order chi connectivity index (χ1) is 6.92. The summed E-state index contributed by atoms with van der Waals surface area (Å²) in [5, 5.41) is 0. The lowest BCUT2D eigenvalue weighted by atomic mass is 10.0. The molecule has 2 heteroatoms. The summed E-state index contributed by atoms with van der Waals surface area (Å²) in [4.78, 5) is 0. The molecule has 1 aromatic rings. The summed E-state index contributed by atoms with van der Waals surface area (Å²) >= 11 is 0. The van der Waals surface area contributed by atoms with Gasteiger partial charge in [-0.25, -0.2) is 0 Å². The van der Waals surface area contributed by atoms with Gasteiger partial charge >= 0.3 is 0 Å². The Kier molecular flexibility index (Phi) is 3.75. The van der Waals surface area contributed by atoms with Gasteiger partial charge in [-0.3, -0.25) is 0 Å². The van der Waals surface area contributed by atoms with Gasteiger partial charge in [0.05, 0.1) is 0 Å². The third-order valence-electron chi connectivity index (χ3n) is 2.23. The van der Waals surface area contributed by atoms with E-state index in [0.717, 1.165) is 5.75 Å². The van der Waals surface area contributed by atoms with Crippen molar-refractivity contribution in [3.63, 3.8) is 0 Å². The Morgan fingerprint density at radius 3 is 2.13 bits per heavy atom. The Morgan fingerprint density at radius 2 is 1.73 bits per heavy atom. The summed E-state index contributed by atoms with van der Waals surface area (Å²) in [7, 11) is 0. The van der Waals surface area contributed by atoms with Crippen molar-refractivity contribution in [3.05, 3.63) is 29.8 Å². The van der Waals surface area contributed by atoms with Gasteiger partial charge in [-0.15, -0.1) is 0 Å². The van der Waals surface area contributed by atoms with Crippen LogP contribution in [-0.4, -0.2) is 12.1 Å². The van der Waals surface area contributed by atoms with Crippen LogP contribution in [0.2, 0.25) is 0 Å². The van der Waals surface area contributed by atoms with Gasteiger partial charge in [0.25, 0.3) is 0 Å². The number of hydrogen-bond donors (Lipinski definition) is 1. The molecule has 0 bridgehead atoms. The minimum atomic E-state index is -0.138. The van der Waals surface area contributed by atoms with Crippen molar-refractivity contribution in [1.82, 2.24) is 0 Å². The van der Waals surface area contributed by atoms with E-state index in [-0.39, 0.29) is 5.60 Å². The van der Waals surface area contributed by atoms with Crippen LogP contribution in [0.15, 0.2) is 24.3 Å². The van der Waals surface area contributed by atoms with Crippen molar-refractivity contribution in [2.24, 2.45) is 5.73 Å². The molecular formula is C13H21NO. The van der Waals surface area contributed by atoms with Crippen LogP contribution in [-0.2, 0) is 0 Å². The summed E-state index contributed by atoms with van der Waals surface area (Å²) in [5.41, 5.74) is 6.74. The smallest absolute Gasteiger partial charge is 0.120 e. The summed E-state index contributed by atoms with van der Waals surface area (Å²) < 4.78 is 5.74. The van der Waals surface area contributed by atoms with Crippen LogP contribution in [0.4, 0.5) is 0 Å². The fraction of sp³-hybridized carbons (Fsp3) is 0.538. The number of nitrogens with two attached hydrogens (primary N) is 1. The monoisotopic (exact) mass is 207 g/mol. The van der Waals surface area contributed by atoms with E-state index in [9.17, 15) is 0 Å². The molecule has 2 N–H and O–H groups in total. The fourth-order valence-corrected chi connectivity index (χ4v) is 1.35. The lowest BCUT2D eigenvalue weighted by molar-refractivity contribution is 0.131. The van der Waals surface area contributed by atoms with Crippen LogP contribution in [0.25, 0.3) is 0 Å². The minimum Gasteiger partial charge on any atom is -0.488 e. The zero-order valence-corrected chi connectivity index (χ0v) is 10.1. The number of rotatable bonds is 3. The van der Waals surface area contributed by atoms with E-state index in [1.807, 2.05) is 32.9 Å². The Labute approximate surface area is 92.4 Å². The molecule has 0 heterocycles. The van der Waals surface area contributed by atoms with Crippen LogP contribution >= 0.6 is 0 Å². The lowest BCUT2D eigenvalue weighted by Crippen LogP contribution is -2.22. The van der Waals surface area contributed by atoms with Gasteiger partial charge in [0.1, 0.15) is 11.4 Å². The molecule has 0 radical (unpaired) electrons. The highest BCUT2D eigenvalue weighted by Gasteiger charge is 2.11. The van der Waals surface area contributed by atoms with Crippen LogP contribution in [0.1, 0.15) is 39.2 Å². The largest absolute Gasteiger partial charge is 0.488 e. The van der Waals surface area contributed by atoms with Gasteiger partial charge in [-0.1, -0.05) is 19.1 Å². The maximum Gasteiger partial charge on any atom is 0.120 e. The van der Waals surface area contributed by atoms with Crippen LogP contribution in [0, 0.1) is 0 Å². The average Bonchev–Trinajstić information content (AvgIpc) is 2.15. The fourth-order valence-electron chi connectivity index (χ4n) is 1.35. The Hall–Kier alpha value is -1.02. The molecule has 1 aromatic carbocycles. The quantitative estimate of drug-likeness (QED) is 0.827. The van der Waals surface area contributed by atoms with E-state index in [1.54, 1.807) is 0 Å². The summed E-state index contributed by atoms with van der Waals surface area (Å²) in [6.45, 7) is 8.94. The zero-order valence-electron chi connectivity index (χ0n) is 10.1. The van der Waals surface area contributed by atoms with Gasteiger partial charge in [-0.05, 0) is 50.9 Å². The topological polar surface area (TPSA) is 35.2 Å². The number of ether oxygens (including phenoxy) is 1. The van der Waals surface area contributed by atoms with Crippen LogP contribution in [0.3, 0.4) is 0 Å². The molecule has 0 fully saturated rings. The van der Waals surface area contributed by atoms with Gasteiger partial charge < -0.3 is 10.5 Å². The normalized spacial score (nSPS) is 13.7. The zero-order chi connectivity index (χ0) is 11.5. The first-order valence-electron chi connectivity index (χ1n) is 5.41. The summed E-state index contributed by atoms with van der Waals surface area (Å²) in [6, 6.07) is 8.18. The molecule has 0 aliphatic carbocycles. The SMILES string of the molecule is CC(CN)c1ccc(OC(C)(C)C)cc1. The average molecular weight is 207 g/mol. The summed E-state index contributed by atoms with van der Waals surface area (Å²) in [5.74, 6) is 1.32. The molecule has 84 valence electrons. The molecule has 15 heavy (non-hydrogen) atoms. The highest BCUT2D eigenvalue weighted by molar-refractivity contribution is 5.29. The number of benzene rings is 1. The van der Waals surface area contributed by atoms with E-state index in [0.29, 0.717) is 12.5 Å². The van der Waals surface area contributed by atoms with Gasteiger partial charge in [0.15, 0.2) is 0 Å². The second-order valence-electron chi connectivity index (χ2n) is 4.92. The van der Waals surface area contributed by atoms with Crippen molar-refractivity contribution in [3.8, 4) is 5.75 Å². The molecule has 0 saturated carbocycles. The first-order valence-corrected chi connectivity index (χ1v) is 5.41. The molecule has 0 saturated heterocycles. The molecule has 2 nitrogen and oxygen atoms in total. The van der Waals surface area contributed by atoms with Crippen molar-refractivity contribution in [2.45, 2.75) is 39.2 Å². The van der Waals surface area contributed by atoms with Gasteiger partial charge in [0.2, 0.25) is 0 Å². The Morgan fingerprint density at radius 1 is 1.20 bits per heavy atom. The van der Waals surface area contributed by atoms with E-state index >= 15 is 0 Å². The van der Waals surface area contributed by atoms with E-state index in [4.69, 9.17) is 10.5 Å².